The molecule has 218 valence electrons. The Bertz CT molecular complexity index is 1450. The first-order chi connectivity index (χ1) is 18.9. The molecule has 4 aromatic rings. The van der Waals surface area contributed by atoms with Crippen molar-refractivity contribution in [2.24, 2.45) is 0 Å². The van der Waals surface area contributed by atoms with Gasteiger partial charge in [0.1, 0.15) is 11.5 Å². The van der Waals surface area contributed by atoms with E-state index in [1.807, 2.05) is 49.4 Å². The highest BCUT2D eigenvalue weighted by molar-refractivity contribution is 5.94. The van der Waals surface area contributed by atoms with Gasteiger partial charge in [0, 0.05) is 44.0 Å². The van der Waals surface area contributed by atoms with Crippen LogP contribution in [0.4, 0.5) is 5.69 Å². The summed E-state index contributed by atoms with van der Waals surface area (Å²) >= 11 is 0. The number of hydrogen-bond donors (Lipinski definition) is 1. The van der Waals surface area contributed by atoms with Crippen LogP contribution in [-0.4, -0.2) is 59.6 Å². The normalized spacial score (nSPS) is 13.3. The average molecular weight is 595 g/mol. The summed E-state index contributed by atoms with van der Waals surface area (Å²) in [6.07, 6.45) is 0.915. The summed E-state index contributed by atoms with van der Waals surface area (Å²) in [5.74, 6) is 0.672. The fourth-order valence-corrected chi connectivity index (χ4v) is 5.49. The fourth-order valence-electron chi connectivity index (χ4n) is 5.49. The molecule has 0 radical (unpaired) electrons. The average Bonchev–Trinajstić information content (AvgIpc) is 3.30. The molecule has 6 nitrogen and oxygen atoms in total. The highest BCUT2D eigenvalue weighted by Crippen LogP contribution is 2.28. The minimum absolute atomic E-state index is 0. The number of piperazine rings is 1. The third-order valence-corrected chi connectivity index (χ3v) is 7.94. The molecule has 8 heteroatoms. The maximum absolute atomic E-state index is 13.3. The summed E-state index contributed by atoms with van der Waals surface area (Å²) in [6.45, 7) is 14.2. The molecule has 1 aliphatic heterocycles. The number of anilines is 1. The minimum Gasteiger partial charge on any atom is -0.369 e. The van der Waals surface area contributed by atoms with Crippen molar-refractivity contribution in [3.63, 3.8) is 0 Å². The van der Waals surface area contributed by atoms with Gasteiger partial charge in [-0.25, -0.2) is 4.98 Å². The lowest BCUT2D eigenvalue weighted by molar-refractivity contribution is 0.0946. The molecule has 0 aliphatic carbocycles. The molecule has 1 fully saturated rings. The maximum Gasteiger partial charge on any atom is 0.271 e. The van der Waals surface area contributed by atoms with Gasteiger partial charge in [0.05, 0.1) is 11.4 Å². The highest BCUT2D eigenvalue weighted by atomic mass is 35.5. The fraction of sp³-hybridized carbons (Fsp3) is 0.333. The number of carbonyl (C=O) groups excluding carboxylic acids is 1. The molecular weight excluding hydrogens is 553 g/mol. The number of aromatic nitrogens is 2. The topological polar surface area (TPSA) is 53.4 Å². The van der Waals surface area contributed by atoms with E-state index in [1.165, 1.54) is 16.8 Å². The highest BCUT2D eigenvalue weighted by Gasteiger charge is 2.23. The van der Waals surface area contributed by atoms with Gasteiger partial charge in [-0.2, -0.15) is 0 Å². The zero-order valence-corrected chi connectivity index (χ0v) is 26.0. The second kappa shape index (κ2) is 14.5. The molecule has 0 unspecified atom stereocenters. The summed E-state index contributed by atoms with van der Waals surface area (Å²) in [7, 11) is 0. The van der Waals surface area contributed by atoms with E-state index in [4.69, 9.17) is 4.98 Å². The number of nitrogens with one attached hydrogen (secondary N) is 1. The quantitative estimate of drug-likeness (QED) is 0.235. The van der Waals surface area contributed by atoms with E-state index < -0.39 is 0 Å². The Kier molecular flexibility index (Phi) is 11.4. The van der Waals surface area contributed by atoms with Crippen LogP contribution in [0.5, 0.6) is 0 Å². The van der Waals surface area contributed by atoms with Crippen molar-refractivity contribution >= 4 is 36.4 Å². The van der Waals surface area contributed by atoms with Gasteiger partial charge in [-0.05, 0) is 69.5 Å². The van der Waals surface area contributed by atoms with Crippen LogP contribution >= 0.6 is 24.8 Å². The Morgan fingerprint density at radius 1 is 0.780 bits per heavy atom. The zero-order chi connectivity index (χ0) is 27.4. The third-order valence-electron chi connectivity index (χ3n) is 7.94. The first-order valence-electron chi connectivity index (χ1n) is 14.0. The van der Waals surface area contributed by atoms with E-state index in [-0.39, 0.29) is 30.7 Å². The van der Waals surface area contributed by atoms with Gasteiger partial charge in [-0.15, -0.1) is 24.8 Å². The Balaban J connectivity index is 0.00000231. The number of aryl methyl sites for hydroxylation is 2. The van der Waals surface area contributed by atoms with Crippen LogP contribution in [0.3, 0.4) is 0 Å². The summed E-state index contributed by atoms with van der Waals surface area (Å²) in [4.78, 5) is 23.1. The molecule has 0 bridgehead atoms. The zero-order valence-electron chi connectivity index (χ0n) is 24.4. The molecule has 0 saturated carbocycles. The second-order valence-corrected chi connectivity index (χ2v) is 10.5. The van der Waals surface area contributed by atoms with E-state index in [2.05, 4.69) is 70.8 Å². The Hall–Kier alpha value is -3.32. The molecular formula is C33H41Cl2N5O. The van der Waals surface area contributed by atoms with Gasteiger partial charge in [0.15, 0.2) is 0 Å². The van der Waals surface area contributed by atoms with Crippen LogP contribution in [-0.2, 0) is 0 Å². The SMILES string of the molecule is Cc1ccccc1-n1c(-c2ccccc2)nc(C(=O)NCCCN2CCN(c3cccc(C)c3C)CC2)c1C.Cl.Cl. The summed E-state index contributed by atoms with van der Waals surface area (Å²) in [5, 5.41) is 3.13. The standard InChI is InChI=1S/C33H39N5O.2ClH/c1-24-13-10-17-30(26(24)3)37-22-20-36(21-23-37)19-11-18-34-33(39)31-27(4)38(29-16-9-8-12-25(29)2)32(35-31)28-14-6-5-7-15-28;;/h5-10,12-17H,11,18-23H2,1-4H3,(H,34,39);2*1H. The maximum atomic E-state index is 13.3. The van der Waals surface area contributed by atoms with Crippen LogP contribution in [0.15, 0.2) is 72.8 Å². The van der Waals surface area contributed by atoms with Crippen LogP contribution in [0.1, 0.15) is 39.3 Å². The molecule has 0 atom stereocenters. The van der Waals surface area contributed by atoms with Crippen LogP contribution in [0, 0.1) is 27.7 Å². The Morgan fingerprint density at radius 2 is 1.41 bits per heavy atom. The molecule has 1 amide bonds. The number of amides is 1. The third kappa shape index (κ3) is 7.13. The lowest BCUT2D eigenvalue weighted by atomic mass is 10.1. The molecule has 41 heavy (non-hydrogen) atoms. The van der Waals surface area contributed by atoms with Crippen LogP contribution in [0.25, 0.3) is 17.1 Å². The van der Waals surface area contributed by atoms with Gasteiger partial charge in [-0.3, -0.25) is 14.3 Å². The van der Waals surface area contributed by atoms with Crippen LogP contribution in [0.2, 0.25) is 0 Å². The Morgan fingerprint density at radius 3 is 2.12 bits per heavy atom. The van der Waals surface area contributed by atoms with Crippen LogP contribution < -0.4 is 10.2 Å². The number of carbonyl (C=O) groups is 1. The molecule has 1 saturated heterocycles. The molecule has 5 rings (SSSR count). The number of imidazole rings is 1. The number of nitrogens with zero attached hydrogens (tertiary/aromatic N) is 4. The van der Waals surface area contributed by atoms with Crippen molar-refractivity contribution in [3.05, 3.63) is 101 Å². The van der Waals surface area contributed by atoms with Crippen molar-refractivity contribution in [2.45, 2.75) is 34.1 Å². The predicted molar refractivity (Wildman–Crippen MR) is 174 cm³/mol. The van der Waals surface area contributed by atoms with Crippen molar-refractivity contribution in [1.29, 1.82) is 0 Å². The first kappa shape index (κ1) is 32.2. The van der Waals surface area contributed by atoms with Crippen molar-refractivity contribution < 1.29 is 4.79 Å². The van der Waals surface area contributed by atoms with E-state index in [9.17, 15) is 4.79 Å². The van der Waals surface area contributed by atoms with Crippen molar-refractivity contribution in [1.82, 2.24) is 19.8 Å². The monoisotopic (exact) mass is 593 g/mol. The summed E-state index contributed by atoms with van der Waals surface area (Å²) in [6, 6.07) is 24.9. The van der Waals surface area contributed by atoms with Gasteiger partial charge in [-0.1, -0.05) is 60.7 Å². The van der Waals surface area contributed by atoms with Gasteiger partial charge >= 0.3 is 0 Å². The largest absolute Gasteiger partial charge is 0.369 e. The lowest BCUT2D eigenvalue weighted by Crippen LogP contribution is -2.47. The Labute approximate surface area is 256 Å². The number of rotatable bonds is 8. The minimum atomic E-state index is -0.114. The molecule has 0 spiro atoms. The second-order valence-electron chi connectivity index (χ2n) is 10.5. The number of para-hydroxylation sites is 1. The van der Waals surface area contributed by atoms with E-state index >= 15 is 0 Å². The van der Waals surface area contributed by atoms with Gasteiger partial charge in [0.25, 0.3) is 5.91 Å². The first-order valence-corrected chi connectivity index (χ1v) is 14.0. The molecule has 3 aromatic carbocycles. The number of benzene rings is 3. The van der Waals surface area contributed by atoms with Crippen molar-refractivity contribution in [2.75, 3.05) is 44.2 Å². The predicted octanol–water partition coefficient (Wildman–Crippen LogP) is 6.56. The van der Waals surface area contributed by atoms with E-state index in [0.29, 0.717) is 12.2 Å². The number of halogens is 2. The van der Waals surface area contributed by atoms with Gasteiger partial charge in [0.2, 0.25) is 0 Å². The van der Waals surface area contributed by atoms with Crippen molar-refractivity contribution in [3.8, 4) is 17.1 Å². The molecule has 1 aromatic heterocycles. The summed E-state index contributed by atoms with van der Waals surface area (Å²) in [5.41, 5.74) is 8.59. The lowest BCUT2D eigenvalue weighted by Gasteiger charge is -2.37. The smallest absolute Gasteiger partial charge is 0.271 e. The molecule has 1 N–H and O–H groups in total. The molecule has 1 aliphatic rings. The summed E-state index contributed by atoms with van der Waals surface area (Å²) < 4.78 is 2.11. The molecule has 2 heterocycles. The van der Waals surface area contributed by atoms with Gasteiger partial charge < -0.3 is 10.2 Å². The number of hydrogen-bond acceptors (Lipinski definition) is 4. The van der Waals surface area contributed by atoms with E-state index in [1.54, 1.807) is 0 Å². The van der Waals surface area contributed by atoms with E-state index in [0.717, 1.165) is 67.5 Å².